The maximum absolute atomic E-state index is 14.8. The largest absolute Gasteiger partial charge is 0.309 e. The summed E-state index contributed by atoms with van der Waals surface area (Å²) in [5.41, 5.74) is 2.82. The van der Waals surface area contributed by atoms with E-state index < -0.39 is 11.6 Å². The van der Waals surface area contributed by atoms with Gasteiger partial charge in [0, 0.05) is 62.1 Å². The van der Waals surface area contributed by atoms with Crippen molar-refractivity contribution in [1.29, 1.82) is 0 Å². The molecule has 0 bridgehead atoms. The van der Waals surface area contributed by atoms with Crippen molar-refractivity contribution in [2.24, 2.45) is 0 Å². The molecule has 10 heteroatoms. The third kappa shape index (κ3) is 4.42. The first-order chi connectivity index (χ1) is 17.6. The Kier molecular flexibility index (Phi) is 6.06. The van der Waals surface area contributed by atoms with Crippen molar-refractivity contribution in [1.82, 2.24) is 34.5 Å². The quantitative estimate of drug-likeness (QED) is 0.438. The third-order valence-electron chi connectivity index (χ3n) is 7.09. The average Bonchev–Trinajstić information content (AvgIpc) is 3.49. The van der Waals surface area contributed by atoms with Gasteiger partial charge in [-0.25, -0.2) is 23.7 Å². The summed E-state index contributed by atoms with van der Waals surface area (Å²) >= 11 is 0. The van der Waals surface area contributed by atoms with Gasteiger partial charge in [-0.3, -0.25) is 9.58 Å². The van der Waals surface area contributed by atoms with Crippen molar-refractivity contribution in [2.45, 2.75) is 32.9 Å². The topological polar surface area (TPSA) is 75.0 Å². The minimum absolute atomic E-state index is 0.0362. The maximum atomic E-state index is 14.8. The van der Waals surface area contributed by atoms with E-state index in [1.807, 2.05) is 23.0 Å². The van der Waals surface area contributed by atoms with Crippen LogP contribution in [0.5, 0.6) is 0 Å². The zero-order valence-corrected chi connectivity index (χ0v) is 20.2. The lowest BCUT2D eigenvalue weighted by Crippen LogP contribution is -2.45. The fourth-order valence-electron chi connectivity index (χ4n) is 5.08. The van der Waals surface area contributed by atoms with Gasteiger partial charge in [0.05, 0.1) is 6.20 Å². The number of benzene rings is 1. The van der Waals surface area contributed by atoms with Crippen molar-refractivity contribution in [3.05, 3.63) is 59.6 Å². The summed E-state index contributed by atoms with van der Waals surface area (Å²) in [7, 11) is 0. The second kappa shape index (κ2) is 9.51. The molecule has 0 saturated carbocycles. The summed E-state index contributed by atoms with van der Waals surface area (Å²) in [5.74, 6) is -0.342. The Labute approximate surface area is 208 Å². The first-order valence-corrected chi connectivity index (χ1v) is 12.5. The molecular formula is C26H28F2N8. The predicted octanol–water partition coefficient (Wildman–Crippen LogP) is 3.99. The van der Waals surface area contributed by atoms with Gasteiger partial charge in [-0.1, -0.05) is 13.0 Å². The number of likely N-dealkylation sites (N-methyl/N-ethyl adjacent to an activating group) is 1. The molecule has 1 fully saturated rings. The number of halogens is 2. The van der Waals surface area contributed by atoms with Gasteiger partial charge in [0.2, 0.25) is 5.95 Å². The van der Waals surface area contributed by atoms with Crippen LogP contribution in [0.2, 0.25) is 0 Å². The fraction of sp³-hybridized carbons (Fsp3) is 0.385. The maximum Gasteiger partial charge on any atom is 0.229 e. The number of fused-ring (bicyclic) bond motifs is 3. The minimum Gasteiger partial charge on any atom is -0.309 e. The van der Waals surface area contributed by atoms with Crippen LogP contribution in [0, 0.1) is 11.6 Å². The highest BCUT2D eigenvalue weighted by molar-refractivity contribution is 5.87. The third-order valence-corrected chi connectivity index (χ3v) is 7.09. The van der Waals surface area contributed by atoms with E-state index in [0.29, 0.717) is 22.3 Å². The molecule has 1 saturated heterocycles. The molecule has 4 aromatic rings. The number of anilines is 2. The number of piperazine rings is 1. The standard InChI is InChI=1S/C26H28F2N8/c1-2-34-8-10-35(11-9-34)16-17-5-6-23(29-14-17)31-26-30-15-21(28)24(32-26)18-12-19-22-4-3-7-36(22)33-25(19)20(27)13-18/h5-6,12-15H,2-4,7-11,16H2,1H3,(H,29,30,31,32). The van der Waals surface area contributed by atoms with E-state index in [0.717, 1.165) is 76.1 Å². The van der Waals surface area contributed by atoms with Crippen LogP contribution in [0.4, 0.5) is 20.5 Å². The van der Waals surface area contributed by atoms with E-state index in [-0.39, 0.29) is 11.6 Å². The van der Waals surface area contributed by atoms with Crippen LogP contribution in [0.25, 0.3) is 22.2 Å². The summed E-state index contributed by atoms with van der Waals surface area (Å²) in [4.78, 5) is 17.8. The summed E-state index contributed by atoms with van der Waals surface area (Å²) in [6.07, 6.45) is 4.73. The molecular weight excluding hydrogens is 462 g/mol. The van der Waals surface area contributed by atoms with E-state index >= 15 is 0 Å². The second-order valence-electron chi connectivity index (χ2n) is 9.40. The molecule has 5 heterocycles. The van der Waals surface area contributed by atoms with Crippen LogP contribution >= 0.6 is 0 Å². The molecule has 0 radical (unpaired) electrons. The van der Waals surface area contributed by atoms with Crippen molar-refractivity contribution >= 4 is 22.7 Å². The number of nitrogens with one attached hydrogen (secondary N) is 1. The van der Waals surface area contributed by atoms with Crippen LogP contribution in [0.3, 0.4) is 0 Å². The highest BCUT2D eigenvalue weighted by atomic mass is 19.1. The van der Waals surface area contributed by atoms with Crippen LogP contribution < -0.4 is 5.32 Å². The second-order valence-corrected chi connectivity index (χ2v) is 9.40. The summed E-state index contributed by atoms with van der Waals surface area (Å²) in [5, 5.41) is 8.12. The van der Waals surface area contributed by atoms with Crippen molar-refractivity contribution < 1.29 is 8.78 Å². The highest BCUT2D eigenvalue weighted by Gasteiger charge is 2.21. The number of rotatable bonds is 6. The van der Waals surface area contributed by atoms with Gasteiger partial charge in [-0.15, -0.1) is 0 Å². The molecule has 1 N–H and O–H groups in total. The smallest absolute Gasteiger partial charge is 0.229 e. The zero-order chi connectivity index (χ0) is 24.6. The van der Waals surface area contributed by atoms with Gasteiger partial charge in [-0.2, -0.15) is 5.10 Å². The molecule has 36 heavy (non-hydrogen) atoms. The highest BCUT2D eigenvalue weighted by Crippen LogP contribution is 2.32. The van der Waals surface area contributed by atoms with Gasteiger partial charge in [-0.05, 0) is 43.1 Å². The molecule has 186 valence electrons. The molecule has 3 aromatic heterocycles. The lowest BCUT2D eigenvalue weighted by Gasteiger charge is -2.33. The summed E-state index contributed by atoms with van der Waals surface area (Å²) < 4.78 is 31.4. The lowest BCUT2D eigenvalue weighted by molar-refractivity contribution is 0.132. The first kappa shape index (κ1) is 22.9. The molecule has 0 amide bonds. The minimum atomic E-state index is -0.616. The van der Waals surface area contributed by atoms with E-state index in [1.165, 1.54) is 6.07 Å². The number of hydrogen-bond acceptors (Lipinski definition) is 7. The van der Waals surface area contributed by atoms with E-state index in [2.05, 4.69) is 42.1 Å². The molecule has 8 nitrogen and oxygen atoms in total. The summed E-state index contributed by atoms with van der Waals surface area (Å²) in [6, 6.07) is 6.95. The van der Waals surface area contributed by atoms with Crippen molar-refractivity contribution in [3.63, 3.8) is 0 Å². The van der Waals surface area contributed by atoms with Crippen LogP contribution in [-0.2, 0) is 19.5 Å². The fourth-order valence-corrected chi connectivity index (χ4v) is 5.08. The van der Waals surface area contributed by atoms with E-state index in [1.54, 1.807) is 6.07 Å². The number of hydrogen-bond donors (Lipinski definition) is 1. The van der Waals surface area contributed by atoms with Gasteiger partial charge < -0.3 is 10.2 Å². The number of nitrogens with zero attached hydrogens (tertiary/aromatic N) is 7. The predicted molar refractivity (Wildman–Crippen MR) is 134 cm³/mol. The Morgan fingerprint density at radius 3 is 2.56 bits per heavy atom. The normalized spacial score (nSPS) is 16.5. The van der Waals surface area contributed by atoms with Gasteiger partial charge in [0.15, 0.2) is 11.6 Å². The summed E-state index contributed by atoms with van der Waals surface area (Å²) in [6.45, 7) is 9.20. The van der Waals surface area contributed by atoms with E-state index in [9.17, 15) is 8.78 Å². The first-order valence-electron chi connectivity index (χ1n) is 12.5. The lowest BCUT2D eigenvalue weighted by atomic mass is 10.1. The Hall–Kier alpha value is -3.50. The van der Waals surface area contributed by atoms with Crippen molar-refractivity contribution in [2.75, 3.05) is 38.0 Å². The SMILES string of the molecule is CCN1CCN(Cc2ccc(Nc3ncc(F)c(-c4cc(F)c5nn6c(c5c4)CCC6)n3)nc2)CC1. The number of pyridine rings is 1. The van der Waals surface area contributed by atoms with E-state index in [4.69, 9.17) is 0 Å². The number of aromatic nitrogens is 5. The Bertz CT molecular complexity index is 1390. The monoisotopic (exact) mass is 490 g/mol. The van der Waals surface area contributed by atoms with Gasteiger partial charge in [0.1, 0.15) is 17.0 Å². The van der Waals surface area contributed by atoms with Crippen LogP contribution in [0.1, 0.15) is 24.6 Å². The Morgan fingerprint density at radius 2 is 1.78 bits per heavy atom. The molecule has 0 unspecified atom stereocenters. The zero-order valence-electron chi connectivity index (χ0n) is 20.2. The Morgan fingerprint density at radius 1 is 0.944 bits per heavy atom. The Balaban J connectivity index is 1.19. The molecule has 0 aliphatic carbocycles. The molecule has 0 spiro atoms. The van der Waals surface area contributed by atoms with Crippen LogP contribution in [-0.4, -0.2) is 67.3 Å². The number of aryl methyl sites for hydroxylation is 2. The van der Waals surface area contributed by atoms with Gasteiger partial charge >= 0.3 is 0 Å². The molecule has 2 aliphatic heterocycles. The molecule has 6 rings (SSSR count). The molecule has 0 atom stereocenters. The molecule has 1 aromatic carbocycles. The van der Waals surface area contributed by atoms with Gasteiger partial charge in [0.25, 0.3) is 0 Å². The van der Waals surface area contributed by atoms with Crippen molar-refractivity contribution in [3.8, 4) is 11.3 Å². The average molecular weight is 491 g/mol. The molecule has 2 aliphatic rings. The van der Waals surface area contributed by atoms with Crippen LogP contribution in [0.15, 0.2) is 36.7 Å².